The molecule has 5 aromatic rings. The molecule has 0 radical (unpaired) electrons. The van der Waals surface area contributed by atoms with Gasteiger partial charge in [-0.3, -0.25) is 9.78 Å². The number of fused-ring (bicyclic) bond motifs is 1. The quantitative estimate of drug-likeness (QED) is 0.158. The second-order valence-electron chi connectivity index (χ2n) is 10.6. The van der Waals surface area contributed by atoms with Gasteiger partial charge >= 0.3 is 12.1 Å². The zero-order chi connectivity index (χ0) is 32.3. The summed E-state index contributed by atoms with van der Waals surface area (Å²) in [5.74, 6) is -4.49. The minimum Gasteiger partial charge on any atom is -0.489 e. The van der Waals surface area contributed by atoms with E-state index in [9.17, 15) is 36.2 Å². The highest BCUT2D eigenvalue weighted by Crippen LogP contribution is 2.40. The molecule has 4 nitrogen and oxygen atoms in total. The third-order valence-corrected chi connectivity index (χ3v) is 7.54. The first kappa shape index (κ1) is 31.6. The number of benzene rings is 4. The van der Waals surface area contributed by atoms with Gasteiger partial charge in [-0.2, -0.15) is 13.2 Å². The van der Waals surface area contributed by atoms with Gasteiger partial charge in [-0.05, 0) is 52.4 Å². The molecule has 5 rings (SSSR count). The molecule has 0 spiro atoms. The van der Waals surface area contributed by atoms with E-state index in [1.54, 1.807) is 48.5 Å². The van der Waals surface area contributed by atoms with Crippen LogP contribution in [0.5, 0.6) is 5.75 Å². The van der Waals surface area contributed by atoms with Crippen LogP contribution in [-0.4, -0.2) is 16.1 Å². The van der Waals surface area contributed by atoms with Gasteiger partial charge in [-0.1, -0.05) is 61.9 Å². The summed E-state index contributed by atoms with van der Waals surface area (Å²) in [6.45, 7) is 2.03. The van der Waals surface area contributed by atoms with E-state index in [2.05, 4.69) is 4.98 Å². The first-order valence-electron chi connectivity index (χ1n) is 14.1. The zero-order valence-corrected chi connectivity index (χ0v) is 24.0. The molecule has 1 aromatic heterocycles. The predicted molar refractivity (Wildman–Crippen MR) is 157 cm³/mol. The number of para-hydroxylation sites is 1. The largest absolute Gasteiger partial charge is 0.489 e. The highest BCUT2D eigenvalue weighted by Gasteiger charge is 2.34. The second kappa shape index (κ2) is 13.0. The van der Waals surface area contributed by atoms with Crippen molar-refractivity contribution in [2.45, 2.75) is 44.9 Å². The number of alkyl halides is 3. The summed E-state index contributed by atoms with van der Waals surface area (Å²) in [6.07, 6.45) is -2.74. The molecule has 45 heavy (non-hydrogen) atoms. The van der Waals surface area contributed by atoms with Crippen LogP contribution in [0.2, 0.25) is 0 Å². The molecule has 1 N–H and O–H groups in total. The van der Waals surface area contributed by atoms with Crippen LogP contribution in [0.15, 0.2) is 85.1 Å². The van der Waals surface area contributed by atoms with Gasteiger partial charge in [0, 0.05) is 35.7 Å². The number of rotatable bonds is 10. The van der Waals surface area contributed by atoms with Crippen LogP contribution < -0.4 is 4.74 Å². The Morgan fingerprint density at radius 1 is 0.933 bits per heavy atom. The average Bonchev–Trinajstić information content (AvgIpc) is 3.00. The van der Waals surface area contributed by atoms with Crippen molar-refractivity contribution in [3.63, 3.8) is 0 Å². The maximum atomic E-state index is 14.6. The molecule has 0 aliphatic carbocycles. The lowest BCUT2D eigenvalue weighted by Crippen LogP contribution is -2.11. The van der Waals surface area contributed by atoms with Crippen LogP contribution in [0.1, 0.15) is 53.5 Å². The van der Waals surface area contributed by atoms with Crippen molar-refractivity contribution in [3.8, 4) is 16.9 Å². The minimum atomic E-state index is -4.71. The van der Waals surface area contributed by atoms with Gasteiger partial charge in [-0.25, -0.2) is 13.2 Å². The van der Waals surface area contributed by atoms with Crippen molar-refractivity contribution >= 4 is 16.9 Å². The average molecular weight is 624 g/mol. The summed E-state index contributed by atoms with van der Waals surface area (Å²) in [5, 5.41) is 9.63. The topological polar surface area (TPSA) is 59.4 Å². The van der Waals surface area contributed by atoms with Crippen LogP contribution >= 0.6 is 0 Å². The number of carboxylic acids is 1. The van der Waals surface area contributed by atoms with E-state index >= 15 is 0 Å². The number of nitrogens with zero attached hydrogens (tertiary/aromatic N) is 1. The monoisotopic (exact) mass is 623 g/mol. The molecule has 0 aliphatic heterocycles. The summed E-state index contributed by atoms with van der Waals surface area (Å²) in [7, 11) is 0. The first-order valence-corrected chi connectivity index (χ1v) is 14.1. The molecular formula is C35H27F6NO3. The number of carboxylic acid groups (broad SMARTS) is 1. The normalized spacial score (nSPS) is 12.3. The summed E-state index contributed by atoms with van der Waals surface area (Å²) >= 11 is 0. The van der Waals surface area contributed by atoms with Crippen LogP contribution in [0.4, 0.5) is 26.3 Å². The fourth-order valence-corrected chi connectivity index (χ4v) is 5.38. The minimum absolute atomic E-state index is 0.109. The van der Waals surface area contributed by atoms with E-state index in [4.69, 9.17) is 4.74 Å². The number of aliphatic carboxylic acids is 1. The molecule has 1 atom stereocenters. The Morgan fingerprint density at radius 3 is 2.27 bits per heavy atom. The van der Waals surface area contributed by atoms with Crippen molar-refractivity contribution in [1.29, 1.82) is 0 Å². The van der Waals surface area contributed by atoms with Gasteiger partial charge in [0.05, 0.1) is 17.0 Å². The Hall–Kier alpha value is -4.86. The maximum Gasteiger partial charge on any atom is 0.418 e. The van der Waals surface area contributed by atoms with Crippen molar-refractivity contribution < 1.29 is 41.0 Å². The Bertz CT molecular complexity index is 1830. The first-order chi connectivity index (χ1) is 21.5. The number of hydrogen-bond donors (Lipinski definition) is 1. The number of pyridine rings is 1. The molecule has 0 aliphatic rings. The summed E-state index contributed by atoms with van der Waals surface area (Å²) in [5.41, 5.74) is 0.585. The van der Waals surface area contributed by atoms with Gasteiger partial charge in [0.1, 0.15) is 29.8 Å². The van der Waals surface area contributed by atoms with E-state index in [0.717, 1.165) is 24.2 Å². The Labute approximate surface area is 254 Å². The number of halogens is 6. The Morgan fingerprint density at radius 2 is 1.62 bits per heavy atom. The highest BCUT2D eigenvalue weighted by molar-refractivity contribution is 5.98. The SMILES string of the molecule is CCCC(C(=O)O)c1ccc(COc2cccc(-c3c(Cc4c(F)cc(F)cc4F)cnc4c(C(F)(F)F)cccc34)c2)cc1. The van der Waals surface area contributed by atoms with Gasteiger partial charge < -0.3 is 9.84 Å². The molecule has 4 aromatic carbocycles. The van der Waals surface area contributed by atoms with Gasteiger partial charge in [0.2, 0.25) is 0 Å². The molecule has 0 saturated carbocycles. The molecule has 1 unspecified atom stereocenters. The molecule has 0 fully saturated rings. The van der Waals surface area contributed by atoms with E-state index in [-0.39, 0.29) is 28.6 Å². The van der Waals surface area contributed by atoms with E-state index in [1.807, 2.05) is 6.92 Å². The molecule has 232 valence electrons. The van der Waals surface area contributed by atoms with Crippen molar-refractivity contribution in [2.24, 2.45) is 0 Å². The number of aromatic nitrogens is 1. The fraction of sp³-hybridized carbons (Fsp3) is 0.200. The van der Waals surface area contributed by atoms with Crippen molar-refractivity contribution in [3.05, 3.63) is 130 Å². The second-order valence-corrected chi connectivity index (χ2v) is 10.6. The lowest BCUT2D eigenvalue weighted by Gasteiger charge is -2.17. The van der Waals surface area contributed by atoms with Gasteiger partial charge in [-0.15, -0.1) is 0 Å². The summed E-state index contributed by atoms with van der Waals surface area (Å²) < 4.78 is 90.5. The van der Waals surface area contributed by atoms with Crippen LogP contribution in [0.3, 0.4) is 0 Å². The lowest BCUT2D eigenvalue weighted by molar-refractivity contribution is -0.139. The zero-order valence-electron chi connectivity index (χ0n) is 24.0. The number of hydrogen-bond acceptors (Lipinski definition) is 3. The van der Waals surface area contributed by atoms with Crippen LogP contribution in [-0.2, 0) is 24.0 Å². The molecule has 1 heterocycles. The van der Waals surface area contributed by atoms with Crippen LogP contribution in [0, 0.1) is 17.5 Å². The summed E-state index contributed by atoms with van der Waals surface area (Å²) in [6, 6.07) is 18.2. The molecule has 10 heteroatoms. The molecule has 0 bridgehead atoms. The van der Waals surface area contributed by atoms with Gasteiger partial charge in [0.15, 0.2) is 0 Å². The standard InChI is InChI=1S/C35H27F6NO3/c1-2-5-26(34(43)44)21-12-10-20(11-13-21)19-45-25-7-3-6-22(14-25)32-23(15-28-30(37)16-24(36)17-31(28)38)18-42-33-27(32)8-4-9-29(33)35(39,40)41/h3-4,6-14,16-18,26H,2,5,15,19H2,1H3,(H,43,44). The van der Waals surface area contributed by atoms with Crippen molar-refractivity contribution in [2.75, 3.05) is 0 Å². The Balaban J connectivity index is 1.52. The number of ether oxygens (including phenoxy) is 1. The molecule has 0 saturated heterocycles. The maximum absolute atomic E-state index is 14.6. The number of carbonyl (C=O) groups is 1. The smallest absolute Gasteiger partial charge is 0.418 e. The molecule has 0 amide bonds. The highest BCUT2D eigenvalue weighted by atomic mass is 19.4. The lowest BCUT2D eigenvalue weighted by atomic mass is 9.91. The molecular weight excluding hydrogens is 596 g/mol. The van der Waals surface area contributed by atoms with Gasteiger partial charge in [0.25, 0.3) is 0 Å². The van der Waals surface area contributed by atoms with E-state index < -0.39 is 53.1 Å². The summed E-state index contributed by atoms with van der Waals surface area (Å²) in [4.78, 5) is 15.7. The van der Waals surface area contributed by atoms with E-state index in [1.165, 1.54) is 12.1 Å². The fourth-order valence-electron chi connectivity index (χ4n) is 5.38. The predicted octanol–water partition coefficient (Wildman–Crippen LogP) is 9.48. The van der Waals surface area contributed by atoms with Crippen LogP contribution in [0.25, 0.3) is 22.0 Å². The van der Waals surface area contributed by atoms with Crippen molar-refractivity contribution in [1.82, 2.24) is 4.98 Å². The third-order valence-electron chi connectivity index (χ3n) is 7.54. The third kappa shape index (κ3) is 6.95. The van der Waals surface area contributed by atoms with E-state index in [0.29, 0.717) is 35.4 Å². The Kier molecular flexibility index (Phi) is 9.13.